The number of nitrogens with one attached hydrogen (secondary N) is 3. The van der Waals surface area contributed by atoms with E-state index in [4.69, 9.17) is 9.47 Å². The number of urea groups is 1. The Morgan fingerprint density at radius 2 is 1.66 bits per heavy atom. The number of benzene rings is 1. The second-order valence-corrected chi connectivity index (χ2v) is 8.36. The van der Waals surface area contributed by atoms with Gasteiger partial charge in [0.25, 0.3) is 5.56 Å². The average molecular weight is 441 g/mol. The van der Waals surface area contributed by atoms with Crippen LogP contribution in [0.25, 0.3) is 5.95 Å². The van der Waals surface area contributed by atoms with Gasteiger partial charge < -0.3 is 14.8 Å². The molecule has 0 aliphatic heterocycles. The SMILES string of the molecule is COc1cc(NC(=O)Nc2cc(C(C)(C)C)nn2-c2nc(C)c(C)c(=O)[nH]2)cc(OC)c1. The van der Waals surface area contributed by atoms with Crippen LogP contribution in [0, 0.1) is 13.8 Å². The van der Waals surface area contributed by atoms with Gasteiger partial charge in [-0.05, 0) is 13.8 Å². The number of aryl methyl sites for hydroxylation is 1. The molecule has 0 fully saturated rings. The molecule has 3 N–H and O–H groups in total. The molecule has 0 unspecified atom stereocenters. The average Bonchev–Trinajstić information content (AvgIpc) is 3.15. The fourth-order valence-corrected chi connectivity index (χ4v) is 2.89. The zero-order valence-corrected chi connectivity index (χ0v) is 19.3. The molecule has 2 heterocycles. The molecule has 0 atom stereocenters. The third kappa shape index (κ3) is 4.90. The Balaban J connectivity index is 1.96. The Morgan fingerprint density at radius 3 is 2.19 bits per heavy atom. The first-order valence-corrected chi connectivity index (χ1v) is 10.0. The zero-order valence-electron chi connectivity index (χ0n) is 19.3. The lowest BCUT2D eigenvalue weighted by molar-refractivity contribution is 0.262. The highest BCUT2D eigenvalue weighted by Crippen LogP contribution is 2.27. The van der Waals surface area contributed by atoms with Crippen molar-refractivity contribution in [1.82, 2.24) is 19.7 Å². The number of nitrogens with zero attached hydrogens (tertiary/aromatic N) is 3. The van der Waals surface area contributed by atoms with Gasteiger partial charge in [0.1, 0.15) is 17.3 Å². The summed E-state index contributed by atoms with van der Waals surface area (Å²) in [5.41, 5.74) is 1.75. The van der Waals surface area contributed by atoms with E-state index < -0.39 is 6.03 Å². The summed E-state index contributed by atoms with van der Waals surface area (Å²) in [5, 5.41) is 10.1. The minimum Gasteiger partial charge on any atom is -0.497 e. The first kappa shape index (κ1) is 22.9. The number of H-pyrrole nitrogens is 1. The van der Waals surface area contributed by atoms with Crippen LogP contribution >= 0.6 is 0 Å². The van der Waals surface area contributed by atoms with Gasteiger partial charge in [-0.25, -0.2) is 9.78 Å². The van der Waals surface area contributed by atoms with Crippen molar-refractivity contribution >= 4 is 17.5 Å². The molecule has 0 saturated carbocycles. The Morgan fingerprint density at radius 1 is 1.03 bits per heavy atom. The predicted octanol–water partition coefficient (Wildman–Crippen LogP) is 3.53. The minimum absolute atomic E-state index is 0.215. The van der Waals surface area contributed by atoms with Crippen LogP contribution in [0.5, 0.6) is 11.5 Å². The van der Waals surface area contributed by atoms with E-state index in [0.29, 0.717) is 34.3 Å². The standard InChI is InChI=1S/C22H28N6O4/c1-12-13(2)23-20(26-19(12)29)28-18(11-17(27-28)22(3,4)5)25-21(30)24-14-8-15(31-6)10-16(9-14)32-7/h8-11H,1-7H3,(H,23,26,29)(H2,24,25,30). The van der Waals surface area contributed by atoms with E-state index in [-0.39, 0.29) is 16.9 Å². The first-order chi connectivity index (χ1) is 15.0. The van der Waals surface area contributed by atoms with Crippen molar-refractivity contribution in [2.45, 2.75) is 40.0 Å². The van der Waals surface area contributed by atoms with Gasteiger partial charge in [-0.15, -0.1) is 0 Å². The summed E-state index contributed by atoms with van der Waals surface area (Å²) in [4.78, 5) is 32.2. The van der Waals surface area contributed by atoms with Crippen LogP contribution in [-0.2, 0) is 5.41 Å². The quantitative estimate of drug-likeness (QED) is 0.558. The number of ether oxygens (including phenoxy) is 2. The second-order valence-electron chi connectivity index (χ2n) is 8.36. The number of aromatic amines is 1. The van der Waals surface area contributed by atoms with Crippen LogP contribution in [-0.4, -0.2) is 40.0 Å². The molecule has 0 aliphatic rings. The maximum absolute atomic E-state index is 12.8. The molecule has 1 aromatic carbocycles. The van der Waals surface area contributed by atoms with Gasteiger partial charge in [0, 0.05) is 46.6 Å². The van der Waals surface area contributed by atoms with Gasteiger partial charge >= 0.3 is 6.03 Å². The highest BCUT2D eigenvalue weighted by molar-refractivity contribution is 5.99. The van der Waals surface area contributed by atoms with Crippen molar-refractivity contribution in [3.05, 3.63) is 51.6 Å². The van der Waals surface area contributed by atoms with E-state index in [1.54, 1.807) is 38.1 Å². The fraction of sp³-hybridized carbons (Fsp3) is 0.364. The summed E-state index contributed by atoms with van der Waals surface area (Å²) < 4.78 is 11.9. The lowest BCUT2D eigenvalue weighted by Crippen LogP contribution is -2.23. The molecule has 2 amide bonds. The molecule has 0 radical (unpaired) electrons. The lowest BCUT2D eigenvalue weighted by Gasteiger charge is -2.14. The van der Waals surface area contributed by atoms with Gasteiger partial charge in [0.2, 0.25) is 5.95 Å². The van der Waals surface area contributed by atoms with Gasteiger partial charge in [-0.1, -0.05) is 20.8 Å². The number of rotatable bonds is 5. The van der Waals surface area contributed by atoms with Crippen molar-refractivity contribution in [1.29, 1.82) is 0 Å². The minimum atomic E-state index is -0.506. The maximum Gasteiger partial charge on any atom is 0.324 e. The van der Waals surface area contributed by atoms with Crippen molar-refractivity contribution in [3.8, 4) is 17.4 Å². The predicted molar refractivity (Wildman–Crippen MR) is 122 cm³/mol. The number of aromatic nitrogens is 4. The molecular formula is C22H28N6O4. The van der Waals surface area contributed by atoms with E-state index >= 15 is 0 Å². The van der Waals surface area contributed by atoms with Crippen LogP contribution in [0.1, 0.15) is 37.7 Å². The Hall–Kier alpha value is -3.82. The molecule has 3 rings (SSSR count). The summed E-state index contributed by atoms with van der Waals surface area (Å²) in [6.45, 7) is 9.45. The van der Waals surface area contributed by atoms with Crippen LogP contribution in [0.4, 0.5) is 16.3 Å². The number of hydrogen-bond acceptors (Lipinski definition) is 6. The summed E-state index contributed by atoms with van der Waals surface area (Å²) in [5.74, 6) is 1.65. The molecule has 10 nitrogen and oxygen atoms in total. The maximum atomic E-state index is 12.8. The highest BCUT2D eigenvalue weighted by Gasteiger charge is 2.23. The fourth-order valence-electron chi connectivity index (χ4n) is 2.89. The summed E-state index contributed by atoms with van der Waals surface area (Å²) in [6, 6.07) is 6.29. The summed E-state index contributed by atoms with van der Waals surface area (Å²) in [7, 11) is 3.06. The molecule has 0 aliphatic carbocycles. The van der Waals surface area contributed by atoms with Gasteiger partial charge in [0.05, 0.1) is 19.9 Å². The number of hydrogen-bond donors (Lipinski definition) is 3. The molecule has 2 aromatic heterocycles. The largest absolute Gasteiger partial charge is 0.497 e. The normalized spacial score (nSPS) is 11.2. The molecule has 10 heteroatoms. The number of methoxy groups -OCH3 is 2. The van der Waals surface area contributed by atoms with Crippen LogP contribution in [0.15, 0.2) is 29.1 Å². The van der Waals surface area contributed by atoms with Crippen molar-refractivity contribution < 1.29 is 14.3 Å². The molecule has 0 bridgehead atoms. The molecule has 0 saturated heterocycles. The van der Waals surface area contributed by atoms with E-state index in [1.807, 2.05) is 20.8 Å². The first-order valence-electron chi connectivity index (χ1n) is 10.0. The summed E-state index contributed by atoms with van der Waals surface area (Å²) >= 11 is 0. The van der Waals surface area contributed by atoms with E-state index in [0.717, 1.165) is 5.69 Å². The third-order valence-electron chi connectivity index (χ3n) is 4.91. The molecule has 32 heavy (non-hydrogen) atoms. The third-order valence-corrected chi connectivity index (χ3v) is 4.91. The van der Waals surface area contributed by atoms with Crippen LogP contribution in [0.2, 0.25) is 0 Å². The number of carbonyl (C=O) groups excluding carboxylic acids is 1. The summed E-state index contributed by atoms with van der Waals surface area (Å²) in [6.07, 6.45) is 0. The lowest BCUT2D eigenvalue weighted by atomic mass is 9.92. The number of amides is 2. The molecule has 0 spiro atoms. The Kier molecular flexibility index (Phi) is 6.24. The Bertz CT molecular complexity index is 1180. The molecular weight excluding hydrogens is 412 g/mol. The van der Waals surface area contributed by atoms with Crippen molar-refractivity contribution in [3.63, 3.8) is 0 Å². The smallest absolute Gasteiger partial charge is 0.324 e. The molecule has 3 aromatic rings. The topological polar surface area (TPSA) is 123 Å². The van der Waals surface area contributed by atoms with E-state index in [9.17, 15) is 9.59 Å². The second kappa shape index (κ2) is 8.74. The van der Waals surface area contributed by atoms with Crippen LogP contribution < -0.4 is 25.7 Å². The van der Waals surface area contributed by atoms with Crippen molar-refractivity contribution in [2.24, 2.45) is 0 Å². The zero-order chi connectivity index (χ0) is 23.6. The number of carbonyl (C=O) groups is 1. The highest BCUT2D eigenvalue weighted by atomic mass is 16.5. The van der Waals surface area contributed by atoms with E-state index in [2.05, 4.69) is 25.7 Å². The van der Waals surface area contributed by atoms with Gasteiger partial charge in [-0.3, -0.25) is 15.1 Å². The Labute approximate surface area is 186 Å². The molecule has 170 valence electrons. The van der Waals surface area contributed by atoms with Gasteiger partial charge in [0.15, 0.2) is 0 Å². The monoisotopic (exact) mass is 440 g/mol. The van der Waals surface area contributed by atoms with Crippen molar-refractivity contribution in [2.75, 3.05) is 24.9 Å². The van der Waals surface area contributed by atoms with E-state index in [1.165, 1.54) is 18.9 Å². The number of anilines is 2. The van der Waals surface area contributed by atoms with Gasteiger partial charge in [-0.2, -0.15) is 9.78 Å². The van der Waals surface area contributed by atoms with Crippen LogP contribution in [0.3, 0.4) is 0 Å².